The van der Waals surface area contributed by atoms with Crippen molar-refractivity contribution in [2.24, 2.45) is 0 Å². The first-order chi connectivity index (χ1) is 20.8. The fourth-order valence-corrected chi connectivity index (χ4v) is 7.50. The number of pyridine rings is 1. The lowest BCUT2D eigenvalue weighted by atomic mass is 9.95. The number of thiophene rings is 1. The van der Waals surface area contributed by atoms with Gasteiger partial charge in [-0.15, -0.1) is 11.3 Å². The average Bonchev–Trinajstić information content (AvgIpc) is 3.63. The Hall–Kier alpha value is -5.32. The van der Waals surface area contributed by atoms with E-state index >= 15 is 0 Å². The number of hydrogen-bond donors (Lipinski definition) is 0. The molecule has 0 bridgehead atoms. The zero-order valence-electron chi connectivity index (χ0n) is 22.5. The van der Waals surface area contributed by atoms with Gasteiger partial charge in [0.2, 0.25) is 0 Å². The summed E-state index contributed by atoms with van der Waals surface area (Å²) >= 11 is 1.83. The number of imidazole rings is 1. The van der Waals surface area contributed by atoms with Crippen LogP contribution in [-0.4, -0.2) is 14.5 Å². The maximum atomic E-state index is 5.24. The number of hydrogen-bond acceptors (Lipinski definition) is 3. The summed E-state index contributed by atoms with van der Waals surface area (Å²) < 4.78 is 4.75. The van der Waals surface area contributed by atoms with Gasteiger partial charge >= 0.3 is 0 Å². The fourth-order valence-electron chi connectivity index (χ4n) is 6.28. The molecule has 3 nitrogen and oxygen atoms in total. The van der Waals surface area contributed by atoms with Gasteiger partial charge in [0.1, 0.15) is 5.82 Å². The first-order valence-electron chi connectivity index (χ1n) is 14.1. The van der Waals surface area contributed by atoms with Gasteiger partial charge in [0.15, 0.2) is 0 Å². The molecule has 3 heterocycles. The molecule has 0 aliphatic carbocycles. The Balaban J connectivity index is 1.32. The fraction of sp³-hybridized carbons (Fsp3) is 0. The Morgan fingerprint density at radius 3 is 2.14 bits per heavy atom. The Morgan fingerprint density at radius 2 is 1.26 bits per heavy atom. The molecule has 0 spiro atoms. The molecule has 0 saturated carbocycles. The third-order valence-electron chi connectivity index (χ3n) is 8.19. The molecule has 9 rings (SSSR count). The summed E-state index contributed by atoms with van der Waals surface area (Å²) in [6.45, 7) is 0. The van der Waals surface area contributed by atoms with Crippen LogP contribution in [-0.2, 0) is 0 Å². The maximum Gasteiger partial charge on any atom is 0.145 e. The lowest BCUT2D eigenvalue weighted by Crippen LogP contribution is -1.97. The average molecular weight is 554 g/mol. The second-order valence-electron chi connectivity index (χ2n) is 10.6. The molecular formula is C38H23N3S. The van der Waals surface area contributed by atoms with Crippen molar-refractivity contribution in [3.8, 4) is 28.2 Å². The van der Waals surface area contributed by atoms with Crippen LogP contribution in [0, 0.1) is 0 Å². The maximum absolute atomic E-state index is 5.24. The summed E-state index contributed by atoms with van der Waals surface area (Å²) in [7, 11) is 0. The number of fused-ring (bicyclic) bond motifs is 7. The van der Waals surface area contributed by atoms with E-state index in [-0.39, 0.29) is 0 Å². The summed E-state index contributed by atoms with van der Waals surface area (Å²) in [6.07, 6.45) is 0. The molecule has 0 amide bonds. The molecule has 0 unspecified atom stereocenters. The van der Waals surface area contributed by atoms with E-state index in [9.17, 15) is 0 Å². The van der Waals surface area contributed by atoms with Gasteiger partial charge in [-0.05, 0) is 52.7 Å². The molecular weight excluding hydrogens is 531 g/mol. The Morgan fingerprint density at radius 1 is 0.524 bits per heavy atom. The van der Waals surface area contributed by atoms with Crippen molar-refractivity contribution < 1.29 is 0 Å². The van der Waals surface area contributed by atoms with Crippen molar-refractivity contribution in [1.29, 1.82) is 0 Å². The normalized spacial score (nSPS) is 11.8. The second-order valence-corrected chi connectivity index (χ2v) is 11.7. The molecule has 9 aromatic rings. The molecule has 3 aromatic heterocycles. The largest absolute Gasteiger partial charge is 0.292 e. The minimum Gasteiger partial charge on any atom is -0.292 e. The number of benzene rings is 6. The van der Waals surface area contributed by atoms with Gasteiger partial charge < -0.3 is 0 Å². The van der Waals surface area contributed by atoms with E-state index in [2.05, 4.69) is 132 Å². The molecule has 0 N–H and O–H groups in total. The summed E-state index contributed by atoms with van der Waals surface area (Å²) in [6, 6.07) is 49.4. The monoisotopic (exact) mass is 553 g/mol. The van der Waals surface area contributed by atoms with Gasteiger partial charge in [0, 0.05) is 32.3 Å². The lowest BCUT2D eigenvalue weighted by Gasteiger charge is -2.14. The molecule has 0 radical (unpaired) electrons. The SMILES string of the molecule is c1ccc(-c2nc3ccccc3n2-c2ccc(-c3c4sc5ccccc5c4nc4ccc5ccccc5c34)cc2)cc1. The van der Waals surface area contributed by atoms with E-state index in [0.29, 0.717) is 0 Å². The van der Waals surface area contributed by atoms with Gasteiger partial charge in [-0.1, -0.05) is 103 Å². The molecule has 0 fully saturated rings. The van der Waals surface area contributed by atoms with Crippen LogP contribution in [0.5, 0.6) is 0 Å². The van der Waals surface area contributed by atoms with Crippen LogP contribution in [0.25, 0.3) is 81.2 Å². The van der Waals surface area contributed by atoms with Crippen LogP contribution in [0.15, 0.2) is 140 Å². The van der Waals surface area contributed by atoms with E-state index in [4.69, 9.17) is 9.97 Å². The van der Waals surface area contributed by atoms with E-state index in [1.165, 1.54) is 42.1 Å². The van der Waals surface area contributed by atoms with Crippen molar-refractivity contribution >= 4 is 64.3 Å². The topological polar surface area (TPSA) is 30.7 Å². The molecule has 4 heteroatoms. The van der Waals surface area contributed by atoms with E-state index in [1.54, 1.807) is 0 Å². The standard InChI is InChI=1S/C38H23N3S/c1-2-11-26(12-3-1)38-40-30-15-7-8-16-32(30)41(38)27-21-18-25(19-22-27)34-35-28-13-5-4-10-24(28)20-23-31(35)39-36-29-14-6-9-17-33(29)42-37(34)36/h1-23H. The molecule has 42 heavy (non-hydrogen) atoms. The van der Waals surface area contributed by atoms with Crippen molar-refractivity contribution in [2.75, 3.05) is 0 Å². The minimum absolute atomic E-state index is 0.941. The number of para-hydroxylation sites is 2. The minimum atomic E-state index is 0.941. The smallest absolute Gasteiger partial charge is 0.145 e. The molecule has 0 saturated heterocycles. The summed E-state index contributed by atoms with van der Waals surface area (Å²) in [5, 5.41) is 4.87. The molecule has 6 aromatic carbocycles. The molecule has 0 aliphatic rings. The van der Waals surface area contributed by atoms with Crippen molar-refractivity contribution in [2.45, 2.75) is 0 Å². The Kier molecular flexibility index (Phi) is 5.07. The van der Waals surface area contributed by atoms with E-state index in [0.717, 1.165) is 39.1 Å². The zero-order valence-corrected chi connectivity index (χ0v) is 23.3. The highest BCUT2D eigenvalue weighted by Crippen LogP contribution is 2.45. The third-order valence-corrected chi connectivity index (χ3v) is 9.37. The first kappa shape index (κ1) is 23.4. The predicted octanol–water partition coefficient (Wildman–Crippen LogP) is 10.4. The Bertz CT molecular complexity index is 2450. The van der Waals surface area contributed by atoms with Crippen LogP contribution in [0.2, 0.25) is 0 Å². The van der Waals surface area contributed by atoms with E-state index < -0.39 is 0 Å². The van der Waals surface area contributed by atoms with Crippen molar-refractivity contribution in [3.05, 3.63) is 140 Å². The lowest BCUT2D eigenvalue weighted by molar-refractivity contribution is 1.10. The van der Waals surface area contributed by atoms with Gasteiger partial charge in [0.05, 0.1) is 26.8 Å². The third kappa shape index (κ3) is 3.46. The zero-order chi connectivity index (χ0) is 27.6. The van der Waals surface area contributed by atoms with Gasteiger partial charge in [-0.3, -0.25) is 4.57 Å². The highest BCUT2D eigenvalue weighted by atomic mass is 32.1. The highest BCUT2D eigenvalue weighted by Gasteiger charge is 2.19. The first-order valence-corrected chi connectivity index (χ1v) is 14.9. The summed E-state index contributed by atoms with van der Waals surface area (Å²) in [5.74, 6) is 0.941. The van der Waals surface area contributed by atoms with Gasteiger partial charge in [-0.2, -0.15) is 0 Å². The van der Waals surface area contributed by atoms with Crippen LogP contribution in [0.1, 0.15) is 0 Å². The van der Waals surface area contributed by atoms with E-state index in [1.807, 2.05) is 23.5 Å². The Labute approximate surface area is 246 Å². The number of rotatable bonds is 3. The van der Waals surface area contributed by atoms with Gasteiger partial charge in [-0.25, -0.2) is 9.97 Å². The van der Waals surface area contributed by atoms with Crippen LogP contribution in [0.4, 0.5) is 0 Å². The summed E-state index contributed by atoms with van der Waals surface area (Å²) in [5.41, 5.74) is 8.79. The quantitative estimate of drug-likeness (QED) is 0.204. The molecule has 196 valence electrons. The van der Waals surface area contributed by atoms with Crippen LogP contribution >= 0.6 is 11.3 Å². The van der Waals surface area contributed by atoms with Crippen LogP contribution < -0.4 is 0 Å². The van der Waals surface area contributed by atoms with Crippen molar-refractivity contribution in [3.63, 3.8) is 0 Å². The second kappa shape index (κ2) is 9.10. The highest BCUT2D eigenvalue weighted by molar-refractivity contribution is 7.26. The number of aromatic nitrogens is 3. The van der Waals surface area contributed by atoms with Crippen molar-refractivity contribution in [1.82, 2.24) is 14.5 Å². The molecule has 0 aliphatic heterocycles. The van der Waals surface area contributed by atoms with Crippen LogP contribution in [0.3, 0.4) is 0 Å². The molecule has 0 atom stereocenters. The predicted molar refractivity (Wildman–Crippen MR) is 178 cm³/mol. The number of nitrogens with zero attached hydrogens (tertiary/aromatic N) is 3. The van der Waals surface area contributed by atoms with Gasteiger partial charge in [0.25, 0.3) is 0 Å². The summed E-state index contributed by atoms with van der Waals surface area (Å²) in [4.78, 5) is 10.3.